The Hall–Kier alpha value is -2.62. The van der Waals surface area contributed by atoms with Crippen LogP contribution in [0.15, 0.2) is 29.8 Å². The molecule has 45 heavy (non-hydrogen) atoms. The SMILES string of the molecule is Cc1ncsc1-c1ccc([C@H](C)NC(=O)[C@H]2C[C@H](O)CN2C(=O)[C@@H](CC(=O)CCCCCCCCCCCN)C(C)(C)C)cc1. The summed E-state index contributed by atoms with van der Waals surface area (Å²) in [5.41, 5.74) is 9.95. The number of aliphatic hydroxyl groups excluding tert-OH is 1. The molecule has 2 heterocycles. The number of nitrogens with two attached hydrogens (primary N) is 1. The van der Waals surface area contributed by atoms with Crippen LogP contribution in [0.5, 0.6) is 0 Å². The number of likely N-dealkylation sites (tertiary alicyclic amines) is 1. The number of β-amino-alcohol motifs (C(OH)–C–C–N with tert-alkyl or cyclic N) is 1. The molecule has 0 radical (unpaired) electrons. The van der Waals surface area contributed by atoms with Crippen molar-refractivity contribution in [3.63, 3.8) is 0 Å². The second-order valence-corrected chi connectivity index (χ2v) is 14.8. The van der Waals surface area contributed by atoms with Crippen molar-refractivity contribution in [1.82, 2.24) is 15.2 Å². The van der Waals surface area contributed by atoms with Crippen LogP contribution < -0.4 is 11.1 Å². The van der Waals surface area contributed by atoms with Crippen LogP contribution in [-0.2, 0) is 14.4 Å². The average molecular weight is 641 g/mol. The van der Waals surface area contributed by atoms with Gasteiger partial charge >= 0.3 is 0 Å². The van der Waals surface area contributed by atoms with Crippen LogP contribution in [0, 0.1) is 18.3 Å². The number of hydrogen-bond acceptors (Lipinski definition) is 7. The lowest BCUT2D eigenvalue weighted by Crippen LogP contribution is -2.50. The molecule has 1 fully saturated rings. The number of aliphatic hydroxyl groups is 1. The number of thiazole rings is 1. The molecule has 2 amide bonds. The number of nitrogens with zero attached hydrogens (tertiary/aromatic N) is 2. The van der Waals surface area contributed by atoms with E-state index in [0.29, 0.717) is 6.42 Å². The molecule has 0 aliphatic carbocycles. The molecule has 8 nitrogen and oxygen atoms in total. The van der Waals surface area contributed by atoms with Crippen molar-refractivity contribution in [2.24, 2.45) is 17.1 Å². The zero-order valence-electron chi connectivity index (χ0n) is 28.1. The second-order valence-electron chi connectivity index (χ2n) is 13.9. The smallest absolute Gasteiger partial charge is 0.243 e. The average Bonchev–Trinajstić information content (AvgIpc) is 3.61. The molecule has 9 heteroatoms. The van der Waals surface area contributed by atoms with Gasteiger partial charge in [-0.2, -0.15) is 0 Å². The van der Waals surface area contributed by atoms with Crippen molar-refractivity contribution < 1.29 is 19.5 Å². The largest absolute Gasteiger partial charge is 0.391 e. The number of carbonyl (C=O) groups is 3. The summed E-state index contributed by atoms with van der Waals surface area (Å²) in [7, 11) is 0. The fraction of sp³-hybridized carbons (Fsp3) is 0.667. The summed E-state index contributed by atoms with van der Waals surface area (Å²) >= 11 is 1.60. The molecular weight excluding hydrogens is 584 g/mol. The molecule has 2 aromatic rings. The van der Waals surface area contributed by atoms with E-state index in [1.165, 1.54) is 37.0 Å². The second kappa shape index (κ2) is 17.9. The highest BCUT2D eigenvalue weighted by molar-refractivity contribution is 7.13. The molecule has 250 valence electrons. The number of Topliss-reactive ketones (excluding diaryl/α,β-unsaturated/α-hetero) is 1. The predicted molar refractivity (Wildman–Crippen MR) is 183 cm³/mol. The first-order chi connectivity index (χ1) is 21.4. The van der Waals surface area contributed by atoms with Gasteiger partial charge in [0.1, 0.15) is 11.8 Å². The molecule has 4 N–H and O–H groups in total. The van der Waals surface area contributed by atoms with E-state index in [-0.39, 0.29) is 43.0 Å². The van der Waals surface area contributed by atoms with Gasteiger partial charge in [0.2, 0.25) is 11.8 Å². The van der Waals surface area contributed by atoms with Gasteiger partial charge in [-0.05, 0) is 49.8 Å². The summed E-state index contributed by atoms with van der Waals surface area (Å²) in [5.74, 6) is -0.969. The molecule has 0 spiro atoms. The van der Waals surface area contributed by atoms with Crippen molar-refractivity contribution in [3.05, 3.63) is 41.0 Å². The van der Waals surface area contributed by atoms with Crippen molar-refractivity contribution in [2.45, 2.75) is 130 Å². The van der Waals surface area contributed by atoms with Crippen molar-refractivity contribution in [3.8, 4) is 10.4 Å². The van der Waals surface area contributed by atoms with Crippen molar-refractivity contribution in [2.75, 3.05) is 13.1 Å². The fourth-order valence-electron chi connectivity index (χ4n) is 6.20. The highest BCUT2D eigenvalue weighted by Gasteiger charge is 2.44. The third-order valence-electron chi connectivity index (χ3n) is 9.08. The Morgan fingerprint density at radius 1 is 1.02 bits per heavy atom. The number of amides is 2. The van der Waals surface area contributed by atoms with E-state index >= 15 is 0 Å². The fourth-order valence-corrected chi connectivity index (χ4v) is 7.01. The first kappa shape index (κ1) is 36.8. The number of rotatable bonds is 18. The number of ketones is 1. The summed E-state index contributed by atoms with van der Waals surface area (Å²) in [5, 5.41) is 13.6. The molecule has 3 rings (SSSR count). The molecule has 1 aromatic carbocycles. The van der Waals surface area contributed by atoms with Crippen LogP contribution in [0.1, 0.15) is 122 Å². The number of aryl methyl sites for hydroxylation is 1. The Balaban J connectivity index is 1.53. The van der Waals surface area contributed by atoms with Gasteiger partial charge in [0.15, 0.2) is 0 Å². The minimum atomic E-state index is -0.779. The lowest BCUT2D eigenvalue weighted by atomic mass is 9.76. The highest BCUT2D eigenvalue weighted by atomic mass is 32.1. The van der Waals surface area contributed by atoms with Crippen molar-refractivity contribution >= 4 is 28.9 Å². The number of aromatic nitrogens is 1. The molecule has 0 bridgehead atoms. The summed E-state index contributed by atoms with van der Waals surface area (Å²) in [4.78, 5) is 47.4. The maximum atomic E-state index is 13.9. The van der Waals surface area contributed by atoms with Gasteiger partial charge in [-0.1, -0.05) is 90.0 Å². The van der Waals surface area contributed by atoms with E-state index in [4.69, 9.17) is 5.73 Å². The van der Waals surface area contributed by atoms with Gasteiger partial charge in [0, 0.05) is 31.7 Å². The predicted octanol–water partition coefficient (Wildman–Crippen LogP) is 6.74. The topological polar surface area (TPSA) is 126 Å². The van der Waals surface area contributed by atoms with Gasteiger partial charge in [-0.3, -0.25) is 14.4 Å². The zero-order valence-corrected chi connectivity index (χ0v) is 29.0. The lowest BCUT2D eigenvalue weighted by Gasteiger charge is -2.35. The third kappa shape index (κ3) is 11.3. The van der Waals surface area contributed by atoms with Gasteiger partial charge < -0.3 is 21.1 Å². The molecule has 1 saturated heterocycles. The monoisotopic (exact) mass is 640 g/mol. The van der Waals surface area contributed by atoms with E-state index in [0.717, 1.165) is 53.9 Å². The zero-order chi connectivity index (χ0) is 33.0. The quantitative estimate of drug-likeness (QED) is 0.155. The third-order valence-corrected chi connectivity index (χ3v) is 10.1. The Morgan fingerprint density at radius 2 is 1.62 bits per heavy atom. The molecule has 1 aliphatic heterocycles. The molecule has 4 atom stereocenters. The van der Waals surface area contributed by atoms with E-state index in [2.05, 4.69) is 10.3 Å². The van der Waals surface area contributed by atoms with Gasteiger partial charge in [0.25, 0.3) is 0 Å². The standard InChI is InChI=1S/C36H56N4O4S/c1-25(27-16-18-28(19-17-27)33-26(2)38-24-45-33)39-34(43)32-22-30(42)23-40(32)35(44)31(36(3,4)5)21-29(41)15-13-11-9-7-6-8-10-12-14-20-37/h16-19,24-25,30-32,42H,6-15,20-23,37H2,1-5H3,(H,39,43)/t25-,30-,31+,32+/m0/s1. The summed E-state index contributed by atoms with van der Waals surface area (Å²) in [6.45, 7) is 10.7. The van der Waals surface area contributed by atoms with Crippen LogP contribution in [-0.4, -0.2) is 57.8 Å². The normalized spacial score (nSPS) is 18.2. The van der Waals surface area contributed by atoms with E-state index in [1.807, 2.05) is 64.4 Å². The summed E-state index contributed by atoms with van der Waals surface area (Å²) < 4.78 is 0. The summed E-state index contributed by atoms with van der Waals surface area (Å²) in [6, 6.07) is 7.01. The van der Waals surface area contributed by atoms with Gasteiger partial charge in [0.05, 0.1) is 28.2 Å². The minimum absolute atomic E-state index is 0.0939. The first-order valence-electron chi connectivity index (χ1n) is 16.9. The van der Waals surface area contributed by atoms with Crippen molar-refractivity contribution in [1.29, 1.82) is 0 Å². The Bertz CT molecular complexity index is 1220. The highest BCUT2D eigenvalue weighted by Crippen LogP contribution is 2.34. The maximum absolute atomic E-state index is 13.9. The van der Waals surface area contributed by atoms with E-state index in [1.54, 1.807) is 11.3 Å². The Labute approximate surface area is 274 Å². The Morgan fingerprint density at radius 3 is 2.18 bits per heavy atom. The molecule has 0 unspecified atom stereocenters. The Kier molecular flexibility index (Phi) is 14.7. The number of benzene rings is 1. The van der Waals surface area contributed by atoms with Crippen LogP contribution in [0.25, 0.3) is 10.4 Å². The lowest BCUT2D eigenvalue weighted by molar-refractivity contribution is -0.146. The van der Waals surface area contributed by atoms with Crippen LogP contribution in [0.4, 0.5) is 0 Å². The number of nitrogens with one attached hydrogen (secondary N) is 1. The van der Waals surface area contributed by atoms with Crippen LogP contribution in [0.2, 0.25) is 0 Å². The van der Waals surface area contributed by atoms with E-state index < -0.39 is 23.5 Å². The van der Waals surface area contributed by atoms with Crippen LogP contribution in [0.3, 0.4) is 0 Å². The van der Waals surface area contributed by atoms with Gasteiger partial charge in [-0.25, -0.2) is 4.98 Å². The first-order valence-corrected chi connectivity index (χ1v) is 17.8. The number of unbranched alkanes of at least 4 members (excludes halogenated alkanes) is 8. The molecular formula is C36H56N4O4S. The van der Waals surface area contributed by atoms with Crippen LogP contribution >= 0.6 is 11.3 Å². The number of hydrogen-bond donors (Lipinski definition) is 3. The minimum Gasteiger partial charge on any atom is -0.391 e. The molecule has 1 aromatic heterocycles. The molecule has 0 saturated carbocycles. The maximum Gasteiger partial charge on any atom is 0.243 e. The summed E-state index contributed by atoms with van der Waals surface area (Å²) in [6.07, 6.45) is 10.3. The number of carbonyl (C=O) groups excluding carboxylic acids is 3. The molecule has 1 aliphatic rings. The van der Waals surface area contributed by atoms with E-state index in [9.17, 15) is 19.5 Å². The van der Waals surface area contributed by atoms with Gasteiger partial charge in [-0.15, -0.1) is 11.3 Å².